The molecule has 1 aliphatic carbocycles. The van der Waals surface area contributed by atoms with Crippen molar-refractivity contribution in [3.8, 4) is 0 Å². The summed E-state index contributed by atoms with van der Waals surface area (Å²) in [5.41, 5.74) is 7.83. The Hall–Kier alpha value is -0.340. The van der Waals surface area contributed by atoms with Crippen molar-refractivity contribution in [2.45, 2.75) is 44.1 Å². The Morgan fingerprint density at radius 3 is 2.47 bits per heavy atom. The lowest BCUT2D eigenvalue weighted by Gasteiger charge is -2.33. The largest absolute Gasteiger partial charge is 0.325 e. The highest BCUT2D eigenvalue weighted by Gasteiger charge is 2.27. The van der Waals surface area contributed by atoms with E-state index in [0.29, 0.717) is 0 Å². The molecule has 0 spiro atoms. The summed E-state index contributed by atoms with van der Waals surface area (Å²) in [4.78, 5) is 0. The van der Waals surface area contributed by atoms with E-state index in [4.69, 9.17) is 5.73 Å². The predicted molar refractivity (Wildman–Crippen MR) is 67.8 cm³/mol. The SMILES string of the molecule is NC1(Cc2ccccc2Br)CCCCC1. The molecule has 2 heteroatoms. The highest BCUT2D eigenvalue weighted by atomic mass is 79.9. The van der Waals surface area contributed by atoms with Crippen molar-refractivity contribution >= 4 is 15.9 Å². The summed E-state index contributed by atoms with van der Waals surface area (Å²) in [5.74, 6) is 0. The van der Waals surface area contributed by atoms with Gasteiger partial charge in [0.25, 0.3) is 0 Å². The van der Waals surface area contributed by atoms with E-state index in [1.165, 1.54) is 42.1 Å². The average molecular weight is 268 g/mol. The molecule has 2 N–H and O–H groups in total. The summed E-state index contributed by atoms with van der Waals surface area (Å²) in [5, 5.41) is 0. The molecule has 0 bridgehead atoms. The third-order valence-electron chi connectivity index (χ3n) is 3.35. The lowest BCUT2D eigenvalue weighted by Crippen LogP contribution is -2.43. The number of hydrogen-bond donors (Lipinski definition) is 1. The van der Waals surface area contributed by atoms with Gasteiger partial charge in [-0.2, -0.15) is 0 Å². The third kappa shape index (κ3) is 2.82. The van der Waals surface area contributed by atoms with Gasteiger partial charge in [0.1, 0.15) is 0 Å². The van der Waals surface area contributed by atoms with Crippen LogP contribution in [-0.2, 0) is 6.42 Å². The van der Waals surface area contributed by atoms with E-state index in [9.17, 15) is 0 Å². The van der Waals surface area contributed by atoms with Gasteiger partial charge in [-0.25, -0.2) is 0 Å². The van der Waals surface area contributed by atoms with E-state index < -0.39 is 0 Å². The van der Waals surface area contributed by atoms with Crippen molar-refractivity contribution in [3.63, 3.8) is 0 Å². The maximum atomic E-state index is 6.44. The molecule has 0 atom stereocenters. The first-order valence-corrected chi connectivity index (χ1v) is 6.51. The van der Waals surface area contributed by atoms with Crippen LogP contribution in [0, 0.1) is 0 Å². The van der Waals surface area contributed by atoms with Gasteiger partial charge in [0.15, 0.2) is 0 Å². The summed E-state index contributed by atoms with van der Waals surface area (Å²) in [6.07, 6.45) is 7.30. The molecule has 0 unspecified atom stereocenters. The Morgan fingerprint density at radius 2 is 1.80 bits per heavy atom. The van der Waals surface area contributed by atoms with Crippen LogP contribution in [0.2, 0.25) is 0 Å². The highest BCUT2D eigenvalue weighted by Crippen LogP contribution is 2.31. The van der Waals surface area contributed by atoms with E-state index in [2.05, 4.69) is 40.2 Å². The highest BCUT2D eigenvalue weighted by molar-refractivity contribution is 9.10. The van der Waals surface area contributed by atoms with Crippen LogP contribution in [-0.4, -0.2) is 5.54 Å². The standard InChI is InChI=1S/C13H18BrN/c14-12-7-3-2-6-11(12)10-13(15)8-4-1-5-9-13/h2-3,6-7H,1,4-5,8-10,15H2. The first kappa shape index (κ1) is 11.2. The minimum Gasteiger partial charge on any atom is -0.325 e. The van der Waals surface area contributed by atoms with Gasteiger partial charge in [0, 0.05) is 10.0 Å². The molecule has 1 fully saturated rings. The fourth-order valence-corrected chi connectivity index (χ4v) is 2.88. The normalized spacial score (nSPS) is 20.1. The minimum absolute atomic E-state index is 0.0438. The molecule has 1 aliphatic rings. The Balaban J connectivity index is 2.10. The van der Waals surface area contributed by atoms with Crippen molar-refractivity contribution in [1.29, 1.82) is 0 Å². The first-order chi connectivity index (χ1) is 7.20. The molecule has 1 aromatic rings. The molecular formula is C13H18BrN. The van der Waals surface area contributed by atoms with Crippen LogP contribution in [0.4, 0.5) is 0 Å². The molecule has 0 radical (unpaired) electrons. The van der Waals surface area contributed by atoms with Gasteiger partial charge >= 0.3 is 0 Å². The quantitative estimate of drug-likeness (QED) is 0.870. The number of benzene rings is 1. The Bertz CT molecular complexity index is 329. The van der Waals surface area contributed by atoms with Crippen molar-refractivity contribution < 1.29 is 0 Å². The van der Waals surface area contributed by atoms with Crippen LogP contribution in [0.15, 0.2) is 28.7 Å². The molecule has 2 rings (SSSR count). The second kappa shape index (κ2) is 4.67. The predicted octanol–water partition coefficient (Wildman–Crippen LogP) is 3.65. The van der Waals surface area contributed by atoms with Gasteiger partial charge in [-0.3, -0.25) is 0 Å². The van der Waals surface area contributed by atoms with Crippen LogP contribution < -0.4 is 5.73 Å². The van der Waals surface area contributed by atoms with Gasteiger partial charge in [-0.1, -0.05) is 53.4 Å². The van der Waals surface area contributed by atoms with Gasteiger partial charge in [-0.15, -0.1) is 0 Å². The van der Waals surface area contributed by atoms with E-state index in [0.717, 1.165) is 6.42 Å². The smallest absolute Gasteiger partial charge is 0.0207 e. The molecule has 1 nitrogen and oxygen atoms in total. The van der Waals surface area contributed by atoms with Crippen LogP contribution in [0.3, 0.4) is 0 Å². The second-order valence-corrected chi connectivity index (χ2v) is 5.55. The van der Waals surface area contributed by atoms with Crippen LogP contribution in [0.25, 0.3) is 0 Å². The van der Waals surface area contributed by atoms with Crippen molar-refractivity contribution in [2.24, 2.45) is 5.73 Å². The fraction of sp³-hybridized carbons (Fsp3) is 0.538. The van der Waals surface area contributed by atoms with Gasteiger partial charge in [0.05, 0.1) is 0 Å². The Kier molecular flexibility index (Phi) is 3.47. The van der Waals surface area contributed by atoms with Crippen molar-refractivity contribution in [1.82, 2.24) is 0 Å². The van der Waals surface area contributed by atoms with Crippen molar-refractivity contribution in [2.75, 3.05) is 0 Å². The second-order valence-electron chi connectivity index (χ2n) is 4.69. The molecular weight excluding hydrogens is 250 g/mol. The zero-order valence-corrected chi connectivity index (χ0v) is 10.6. The molecule has 15 heavy (non-hydrogen) atoms. The Morgan fingerprint density at radius 1 is 1.13 bits per heavy atom. The van der Waals surface area contributed by atoms with E-state index in [1.54, 1.807) is 0 Å². The monoisotopic (exact) mass is 267 g/mol. The maximum Gasteiger partial charge on any atom is 0.0207 e. The average Bonchev–Trinajstić information content (AvgIpc) is 2.22. The maximum absolute atomic E-state index is 6.44. The molecule has 82 valence electrons. The summed E-state index contributed by atoms with van der Waals surface area (Å²) in [6.45, 7) is 0. The number of halogens is 1. The first-order valence-electron chi connectivity index (χ1n) is 5.72. The molecule has 0 heterocycles. The van der Waals surface area contributed by atoms with E-state index >= 15 is 0 Å². The number of hydrogen-bond acceptors (Lipinski definition) is 1. The van der Waals surface area contributed by atoms with E-state index in [1.807, 2.05) is 0 Å². The molecule has 0 saturated heterocycles. The molecule has 1 aromatic carbocycles. The molecule has 1 saturated carbocycles. The van der Waals surface area contributed by atoms with Crippen LogP contribution >= 0.6 is 15.9 Å². The summed E-state index contributed by atoms with van der Waals surface area (Å²) in [6, 6.07) is 8.42. The molecule has 0 amide bonds. The summed E-state index contributed by atoms with van der Waals surface area (Å²) >= 11 is 3.59. The van der Waals surface area contributed by atoms with Crippen molar-refractivity contribution in [3.05, 3.63) is 34.3 Å². The van der Waals surface area contributed by atoms with Crippen LogP contribution in [0.1, 0.15) is 37.7 Å². The minimum atomic E-state index is 0.0438. The topological polar surface area (TPSA) is 26.0 Å². The number of nitrogens with two attached hydrogens (primary N) is 1. The zero-order valence-electron chi connectivity index (χ0n) is 9.01. The number of rotatable bonds is 2. The molecule has 0 aromatic heterocycles. The zero-order chi connectivity index (χ0) is 10.7. The summed E-state index contributed by atoms with van der Waals surface area (Å²) < 4.78 is 1.19. The van der Waals surface area contributed by atoms with Gasteiger partial charge in [-0.05, 0) is 30.9 Å². The lowest BCUT2D eigenvalue weighted by molar-refractivity contribution is 0.294. The lowest BCUT2D eigenvalue weighted by atomic mass is 9.78. The van der Waals surface area contributed by atoms with Gasteiger partial charge < -0.3 is 5.73 Å². The third-order valence-corrected chi connectivity index (χ3v) is 4.12. The van der Waals surface area contributed by atoms with Gasteiger partial charge in [0.2, 0.25) is 0 Å². The summed E-state index contributed by atoms with van der Waals surface area (Å²) in [7, 11) is 0. The van der Waals surface area contributed by atoms with E-state index in [-0.39, 0.29) is 5.54 Å². The Labute approximate surface area is 100 Å². The fourth-order valence-electron chi connectivity index (χ4n) is 2.45. The van der Waals surface area contributed by atoms with Crippen LogP contribution in [0.5, 0.6) is 0 Å². The molecule has 0 aliphatic heterocycles.